The fraction of sp³-hybridized carbons (Fsp3) is 0.375. The van der Waals surface area contributed by atoms with E-state index in [9.17, 15) is 0 Å². The smallest absolute Gasteiger partial charge is 0.123 e. The van der Waals surface area contributed by atoms with Crippen LogP contribution in [0.1, 0.15) is 36.5 Å². The van der Waals surface area contributed by atoms with Gasteiger partial charge in [-0.1, -0.05) is 19.1 Å². The minimum absolute atomic E-state index is 0.132. The van der Waals surface area contributed by atoms with Gasteiger partial charge in [0.05, 0.1) is 6.54 Å². The highest BCUT2D eigenvalue weighted by molar-refractivity contribution is 5.47. The molecule has 0 radical (unpaired) electrons. The van der Waals surface area contributed by atoms with Gasteiger partial charge >= 0.3 is 0 Å². The Kier molecular flexibility index (Phi) is 4.27. The van der Waals surface area contributed by atoms with Crippen LogP contribution in [0.3, 0.4) is 0 Å². The van der Waals surface area contributed by atoms with Crippen molar-refractivity contribution in [2.24, 2.45) is 5.73 Å². The van der Waals surface area contributed by atoms with Crippen LogP contribution in [0.15, 0.2) is 40.8 Å². The average Bonchev–Trinajstić information content (AvgIpc) is 2.83. The summed E-state index contributed by atoms with van der Waals surface area (Å²) in [5.74, 6) is 1.93. The third-order valence-corrected chi connectivity index (χ3v) is 3.39. The molecule has 2 aromatic rings. The van der Waals surface area contributed by atoms with Crippen molar-refractivity contribution in [2.45, 2.75) is 32.9 Å². The highest BCUT2D eigenvalue weighted by Crippen LogP contribution is 2.20. The van der Waals surface area contributed by atoms with E-state index in [0.717, 1.165) is 24.5 Å². The second-order valence-electron chi connectivity index (χ2n) is 4.97. The molecule has 0 aliphatic heterocycles. The lowest BCUT2D eigenvalue weighted by molar-refractivity contribution is 0.482. The molecular formula is C16H22N2O. The first-order valence-electron chi connectivity index (χ1n) is 6.72. The Morgan fingerprint density at radius 3 is 2.37 bits per heavy atom. The van der Waals surface area contributed by atoms with Gasteiger partial charge in [0.15, 0.2) is 0 Å². The van der Waals surface area contributed by atoms with Gasteiger partial charge in [0.2, 0.25) is 0 Å². The maximum absolute atomic E-state index is 6.02. The van der Waals surface area contributed by atoms with E-state index in [1.807, 2.05) is 19.1 Å². The minimum atomic E-state index is 0.132. The van der Waals surface area contributed by atoms with Crippen LogP contribution in [-0.2, 0) is 6.54 Å². The van der Waals surface area contributed by atoms with Crippen molar-refractivity contribution < 1.29 is 4.42 Å². The van der Waals surface area contributed by atoms with Gasteiger partial charge in [-0.25, -0.2) is 0 Å². The van der Waals surface area contributed by atoms with Crippen LogP contribution in [0.4, 0.5) is 5.69 Å². The van der Waals surface area contributed by atoms with E-state index < -0.39 is 0 Å². The Bertz CT molecular complexity index is 516. The number of rotatable bonds is 5. The summed E-state index contributed by atoms with van der Waals surface area (Å²) in [7, 11) is 2.06. The van der Waals surface area contributed by atoms with Gasteiger partial charge < -0.3 is 15.1 Å². The normalized spacial score (nSPS) is 12.4. The van der Waals surface area contributed by atoms with Crippen LogP contribution in [0.25, 0.3) is 0 Å². The number of nitrogens with zero attached hydrogens (tertiary/aromatic N) is 1. The number of hydrogen-bond donors (Lipinski definition) is 1. The maximum atomic E-state index is 6.02. The predicted octanol–water partition coefficient (Wildman–Crippen LogP) is 3.63. The molecule has 102 valence electrons. The standard InChI is InChI=1S/C16H22N2O/c1-4-16(17)13-6-8-14(9-7-13)18(3)11-15-10-5-12(2)19-15/h5-10,16H,4,11,17H2,1-3H3/t16-/m0/s1. The van der Waals surface area contributed by atoms with E-state index in [2.05, 4.69) is 43.1 Å². The Hall–Kier alpha value is -1.74. The zero-order valence-electron chi connectivity index (χ0n) is 11.9. The average molecular weight is 258 g/mol. The maximum Gasteiger partial charge on any atom is 0.123 e. The number of nitrogens with two attached hydrogens (primary N) is 1. The SMILES string of the molecule is CC[C@H](N)c1ccc(N(C)Cc2ccc(C)o2)cc1. The summed E-state index contributed by atoms with van der Waals surface area (Å²) in [6.45, 7) is 4.83. The molecule has 1 atom stereocenters. The zero-order chi connectivity index (χ0) is 13.8. The summed E-state index contributed by atoms with van der Waals surface area (Å²) in [5, 5.41) is 0. The molecule has 0 aliphatic rings. The monoisotopic (exact) mass is 258 g/mol. The summed E-state index contributed by atoms with van der Waals surface area (Å²) in [5.41, 5.74) is 8.37. The lowest BCUT2D eigenvalue weighted by atomic mass is 10.1. The van der Waals surface area contributed by atoms with Crippen molar-refractivity contribution in [3.8, 4) is 0 Å². The first kappa shape index (κ1) is 13.7. The second kappa shape index (κ2) is 5.93. The van der Waals surface area contributed by atoms with E-state index in [1.165, 1.54) is 11.3 Å². The molecule has 19 heavy (non-hydrogen) atoms. The molecule has 2 rings (SSSR count). The van der Waals surface area contributed by atoms with Crippen molar-refractivity contribution in [3.63, 3.8) is 0 Å². The molecule has 2 N–H and O–H groups in total. The van der Waals surface area contributed by atoms with Gasteiger partial charge in [-0.15, -0.1) is 0 Å². The summed E-state index contributed by atoms with van der Waals surface area (Å²) >= 11 is 0. The molecule has 1 aromatic heterocycles. The highest BCUT2D eigenvalue weighted by atomic mass is 16.3. The second-order valence-corrected chi connectivity index (χ2v) is 4.97. The largest absolute Gasteiger partial charge is 0.464 e. The van der Waals surface area contributed by atoms with Gasteiger partial charge in [0, 0.05) is 18.8 Å². The predicted molar refractivity (Wildman–Crippen MR) is 79.2 cm³/mol. The molecule has 3 nitrogen and oxygen atoms in total. The lowest BCUT2D eigenvalue weighted by Crippen LogP contribution is -2.16. The molecule has 0 bridgehead atoms. The molecule has 0 saturated heterocycles. The zero-order valence-corrected chi connectivity index (χ0v) is 11.9. The molecular weight excluding hydrogens is 236 g/mol. The van der Waals surface area contributed by atoms with Gasteiger partial charge in [-0.3, -0.25) is 0 Å². The van der Waals surface area contributed by atoms with E-state index in [1.54, 1.807) is 0 Å². The van der Waals surface area contributed by atoms with Crippen molar-refractivity contribution in [1.82, 2.24) is 0 Å². The minimum Gasteiger partial charge on any atom is -0.464 e. The van der Waals surface area contributed by atoms with E-state index >= 15 is 0 Å². The van der Waals surface area contributed by atoms with Crippen LogP contribution in [0.5, 0.6) is 0 Å². The Morgan fingerprint density at radius 2 is 1.84 bits per heavy atom. The number of hydrogen-bond acceptors (Lipinski definition) is 3. The van der Waals surface area contributed by atoms with Crippen molar-refractivity contribution in [1.29, 1.82) is 0 Å². The van der Waals surface area contributed by atoms with E-state index in [4.69, 9.17) is 10.2 Å². The highest BCUT2D eigenvalue weighted by Gasteiger charge is 2.07. The van der Waals surface area contributed by atoms with Gasteiger partial charge in [0.1, 0.15) is 11.5 Å². The molecule has 0 amide bonds. The first-order chi connectivity index (χ1) is 9.10. The lowest BCUT2D eigenvalue weighted by Gasteiger charge is -2.19. The fourth-order valence-corrected chi connectivity index (χ4v) is 2.11. The summed E-state index contributed by atoms with van der Waals surface area (Å²) in [6, 6.07) is 12.6. The summed E-state index contributed by atoms with van der Waals surface area (Å²) in [6.07, 6.45) is 0.959. The first-order valence-corrected chi connectivity index (χ1v) is 6.72. The van der Waals surface area contributed by atoms with E-state index in [-0.39, 0.29) is 6.04 Å². The van der Waals surface area contributed by atoms with Gasteiger partial charge in [-0.2, -0.15) is 0 Å². The molecule has 1 heterocycles. The molecule has 0 saturated carbocycles. The fourth-order valence-electron chi connectivity index (χ4n) is 2.11. The topological polar surface area (TPSA) is 42.4 Å². The summed E-state index contributed by atoms with van der Waals surface area (Å²) < 4.78 is 5.59. The molecule has 0 spiro atoms. The molecule has 3 heteroatoms. The van der Waals surface area contributed by atoms with Crippen LogP contribution in [-0.4, -0.2) is 7.05 Å². The Balaban J connectivity index is 2.05. The number of anilines is 1. The van der Waals surface area contributed by atoms with Gasteiger partial charge in [-0.05, 0) is 43.2 Å². The Labute approximate surface area is 115 Å². The molecule has 0 aliphatic carbocycles. The number of furan rings is 1. The Morgan fingerprint density at radius 1 is 1.16 bits per heavy atom. The number of benzene rings is 1. The van der Waals surface area contributed by atoms with Crippen molar-refractivity contribution in [3.05, 3.63) is 53.5 Å². The molecule has 0 unspecified atom stereocenters. The number of aryl methyl sites for hydroxylation is 1. The van der Waals surface area contributed by atoms with Crippen molar-refractivity contribution in [2.75, 3.05) is 11.9 Å². The van der Waals surface area contributed by atoms with Crippen LogP contribution >= 0.6 is 0 Å². The van der Waals surface area contributed by atoms with Gasteiger partial charge in [0.25, 0.3) is 0 Å². The molecule has 0 fully saturated rings. The third-order valence-electron chi connectivity index (χ3n) is 3.39. The third kappa shape index (κ3) is 3.38. The van der Waals surface area contributed by atoms with Crippen LogP contribution < -0.4 is 10.6 Å². The summed E-state index contributed by atoms with van der Waals surface area (Å²) in [4.78, 5) is 2.17. The van der Waals surface area contributed by atoms with Crippen LogP contribution in [0.2, 0.25) is 0 Å². The quantitative estimate of drug-likeness (QED) is 0.890. The van der Waals surface area contributed by atoms with Crippen molar-refractivity contribution >= 4 is 5.69 Å². The van der Waals surface area contributed by atoms with E-state index in [0.29, 0.717) is 0 Å². The van der Waals surface area contributed by atoms with Crippen LogP contribution in [0, 0.1) is 6.92 Å². The molecule has 1 aromatic carbocycles.